The minimum Gasteiger partial charge on any atom is -0.480 e. The van der Waals surface area contributed by atoms with Crippen LogP contribution < -0.4 is 10.2 Å². The summed E-state index contributed by atoms with van der Waals surface area (Å²) in [7, 11) is 0. The Morgan fingerprint density at radius 3 is 2.71 bits per heavy atom. The average molecular weight is 430 g/mol. The SMILES string of the molecule is Cc1ccc(OC(C)C(=O)NN=Cc2ccc(Cl)cc2Cl)c(Br)c1. The number of ether oxygens (including phenoxy) is 1. The number of hydrazone groups is 1. The summed E-state index contributed by atoms with van der Waals surface area (Å²) >= 11 is 15.3. The number of carbonyl (C=O) groups excluding carboxylic acids is 1. The first-order chi connectivity index (χ1) is 11.4. The third-order valence-electron chi connectivity index (χ3n) is 3.10. The zero-order valence-electron chi connectivity index (χ0n) is 13.0. The third kappa shape index (κ3) is 5.23. The van der Waals surface area contributed by atoms with E-state index in [-0.39, 0.29) is 5.91 Å². The van der Waals surface area contributed by atoms with E-state index >= 15 is 0 Å². The van der Waals surface area contributed by atoms with E-state index in [0.29, 0.717) is 21.4 Å². The van der Waals surface area contributed by atoms with Crippen molar-refractivity contribution < 1.29 is 9.53 Å². The first kappa shape index (κ1) is 18.8. The van der Waals surface area contributed by atoms with Crippen molar-refractivity contribution in [3.8, 4) is 5.75 Å². The maximum atomic E-state index is 12.0. The summed E-state index contributed by atoms with van der Waals surface area (Å²) in [5, 5.41) is 4.87. The maximum absolute atomic E-state index is 12.0. The maximum Gasteiger partial charge on any atom is 0.280 e. The van der Waals surface area contributed by atoms with Crippen LogP contribution in [0, 0.1) is 6.92 Å². The summed E-state index contributed by atoms with van der Waals surface area (Å²) in [6, 6.07) is 10.6. The summed E-state index contributed by atoms with van der Waals surface area (Å²) in [5.74, 6) is 0.219. The van der Waals surface area contributed by atoms with Gasteiger partial charge in [-0.15, -0.1) is 0 Å². The number of rotatable bonds is 5. The topological polar surface area (TPSA) is 50.7 Å². The molecule has 0 radical (unpaired) electrons. The summed E-state index contributed by atoms with van der Waals surface area (Å²) in [4.78, 5) is 12.0. The Balaban J connectivity index is 1.95. The molecule has 0 saturated carbocycles. The zero-order valence-corrected chi connectivity index (χ0v) is 16.1. The molecule has 1 atom stereocenters. The molecule has 2 aromatic carbocycles. The molecule has 1 unspecified atom stereocenters. The molecular weight excluding hydrogens is 415 g/mol. The Kier molecular flexibility index (Phi) is 6.66. The van der Waals surface area contributed by atoms with Crippen molar-refractivity contribution >= 4 is 51.3 Å². The second-order valence-corrected chi connectivity index (χ2v) is 6.79. The molecular formula is C17H15BrCl2N2O2. The van der Waals surface area contributed by atoms with Gasteiger partial charge in [-0.1, -0.05) is 35.3 Å². The highest BCUT2D eigenvalue weighted by molar-refractivity contribution is 9.10. The van der Waals surface area contributed by atoms with E-state index in [9.17, 15) is 4.79 Å². The lowest BCUT2D eigenvalue weighted by Gasteiger charge is -2.14. The minimum atomic E-state index is -0.707. The summed E-state index contributed by atoms with van der Waals surface area (Å²) in [6.45, 7) is 3.62. The standard InChI is InChI=1S/C17H15BrCl2N2O2/c1-10-3-6-16(14(18)7-10)24-11(2)17(23)22-21-9-12-4-5-13(19)8-15(12)20/h3-9,11H,1-2H3,(H,22,23). The van der Waals surface area contributed by atoms with Gasteiger partial charge in [0.25, 0.3) is 5.91 Å². The predicted molar refractivity (Wildman–Crippen MR) is 101 cm³/mol. The monoisotopic (exact) mass is 428 g/mol. The van der Waals surface area contributed by atoms with Crippen LogP contribution in [0.3, 0.4) is 0 Å². The second-order valence-electron chi connectivity index (χ2n) is 5.09. The van der Waals surface area contributed by atoms with Crippen LogP contribution in [0.2, 0.25) is 10.0 Å². The molecule has 0 heterocycles. The van der Waals surface area contributed by atoms with E-state index in [1.807, 2.05) is 19.1 Å². The Morgan fingerprint density at radius 2 is 2.04 bits per heavy atom. The number of hydrogen-bond donors (Lipinski definition) is 1. The molecule has 126 valence electrons. The molecule has 2 aromatic rings. The van der Waals surface area contributed by atoms with Gasteiger partial charge in [-0.3, -0.25) is 4.79 Å². The summed E-state index contributed by atoms with van der Waals surface area (Å²) in [5.41, 5.74) is 4.16. The van der Waals surface area contributed by atoms with Gasteiger partial charge in [0.2, 0.25) is 0 Å². The smallest absolute Gasteiger partial charge is 0.280 e. The lowest BCUT2D eigenvalue weighted by atomic mass is 10.2. The van der Waals surface area contributed by atoms with E-state index in [2.05, 4.69) is 26.5 Å². The first-order valence-electron chi connectivity index (χ1n) is 7.07. The van der Waals surface area contributed by atoms with Gasteiger partial charge >= 0.3 is 0 Å². The molecule has 0 saturated heterocycles. The lowest BCUT2D eigenvalue weighted by molar-refractivity contribution is -0.127. The molecule has 0 bridgehead atoms. The van der Waals surface area contributed by atoms with Crippen LogP contribution in [0.15, 0.2) is 46.0 Å². The van der Waals surface area contributed by atoms with Gasteiger partial charge in [-0.2, -0.15) is 5.10 Å². The Morgan fingerprint density at radius 1 is 1.29 bits per heavy atom. The Hall–Kier alpha value is -1.56. The van der Waals surface area contributed by atoms with Crippen LogP contribution >= 0.6 is 39.1 Å². The lowest BCUT2D eigenvalue weighted by Crippen LogP contribution is -2.33. The minimum absolute atomic E-state index is 0.371. The molecule has 0 aliphatic carbocycles. The number of amides is 1. The fraction of sp³-hybridized carbons (Fsp3) is 0.176. The highest BCUT2D eigenvalue weighted by Crippen LogP contribution is 2.26. The molecule has 0 spiro atoms. The van der Waals surface area contributed by atoms with E-state index in [1.165, 1.54) is 6.21 Å². The fourth-order valence-electron chi connectivity index (χ4n) is 1.81. The first-order valence-corrected chi connectivity index (χ1v) is 8.62. The highest BCUT2D eigenvalue weighted by Gasteiger charge is 2.15. The van der Waals surface area contributed by atoms with Crippen molar-refractivity contribution in [1.82, 2.24) is 5.43 Å². The van der Waals surface area contributed by atoms with Crippen molar-refractivity contribution in [2.45, 2.75) is 20.0 Å². The number of benzene rings is 2. The van der Waals surface area contributed by atoms with Crippen molar-refractivity contribution in [3.05, 3.63) is 62.0 Å². The van der Waals surface area contributed by atoms with Gasteiger partial charge in [0.05, 0.1) is 15.7 Å². The number of carbonyl (C=O) groups is 1. The largest absolute Gasteiger partial charge is 0.480 e. The summed E-state index contributed by atoms with van der Waals surface area (Å²) in [6.07, 6.45) is 0.743. The molecule has 0 aromatic heterocycles. The van der Waals surface area contributed by atoms with Crippen molar-refractivity contribution in [1.29, 1.82) is 0 Å². The second kappa shape index (κ2) is 8.51. The van der Waals surface area contributed by atoms with Crippen LogP contribution in [0.1, 0.15) is 18.1 Å². The normalized spacial score (nSPS) is 12.2. The summed E-state index contributed by atoms with van der Waals surface area (Å²) < 4.78 is 6.42. The van der Waals surface area contributed by atoms with Gasteiger partial charge in [0.15, 0.2) is 6.10 Å². The van der Waals surface area contributed by atoms with Crippen molar-refractivity contribution in [2.75, 3.05) is 0 Å². The molecule has 7 heteroatoms. The molecule has 0 fully saturated rings. The quantitative estimate of drug-likeness (QED) is 0.538. The molecule has 0 aliphatic rings. The molecule has 1 amide bonds. The Labute approximate surface area is 158 Å². The number of nitrogens with zero attached hydrogens (tertiary/aromatic N) is 1. The van der Waals surface area contributed by atoms with Gasteiger partial charge < -0.3 is 4.74 Å². The molecule has 2 rings (SSSR count). The zero-order chi connectivity index (χ0) is 17.7. The molecule has 1 N–H and O–H groups in total. The molecule has 4 nitrogen and oxygen atoms in total. The van der Waals surface area contributed by atoms with Crippen LogP contribution in [0.25, 0.3) is 0 Å². The van der Waals surface area contributed by atoms with Gasteiger partial charge in [-0.25, -0.2) is 5.43 Å². The van der Waals surface area contributed by atoms with Crippen LogP contribution in [0.5, 0.6) is 5.75 Å². The molecule has 24 heavy (non-hydrogen) atoms. The van der Waals surface area contributed by atoms with E-state index in [4.69, 9.17) is 27.9 Å². The number of aryl methyl sites for hydroxylation is 1. The van der Waals surface area contributed by atoms with Crippen LogP contribution in [-0.4, -0.2) is 18.2 Å². The Bertz CT molecular complexity index is 781. The van der Waals surface area contributed by atoms with Crippen LogP contribution in [0.4, 0.5) is 0 Å². The number of hydrogen-bond acceptors (Lipinski definition) is 3. The molecule has 0 aliphatic heterocycles. The van der Waals surface area contributed by atoms with Gasteiger partial charge in [-0.05, 0) is 59.6 Å². The van der Waals surface area contributed by atoms with Gasteiger partial charge in [0.1, 0.15) is 5.75 Å². The van der Waals surface area contributed by atoms with E-state index < -0.39 is 6.10 Å². The average Bonchev–Trinajstić information content (AvgIpc) is 2.52. The predicted octanol–water partition coefficient (Wildman–Crippen LogP) is 4.98. The van der Waals surface area contributed by atoms with E-state index in [0.717, 1.165) is 10.0 Å². The van der Waals surface area contributed by atoms with Gasteiger partial charge in [0, 0.05) is 10.6 Å². The number of nitrogens with one attached hydrogen (secondary N) is 1. The fourth-order valence-corrected chi connectivity index (χ4v) is 2.85. The number of halogens is 3. The third-order valence-corrected chi connectivity index (χ3v) is 4.28. The highest BCUT2D eigenvalue weighted by atomic mass is 79.9. The van der Waals surface area contributed by atoms with Crippen molar-refractivity contribution in [3.63, 3.8) is 0 Å². The van der Waals surface area contributed by atoms with Crippen LogP contribution in [-0.2, 0) is 4.79 Å². The van der Waals surface area contributed by atoms with Crippen molar-refractivity contribution in [2.24, 2.45) is 5.10 Å². The van der Waals surface area contributed by atoms with E-state index in [1.54, 1.807) is 31.2 Å².